The Hall–Kier alpha value is -1.81. The van der Waals surface area contributed by atoms with Gasteiger partial charge in [0.1, 0.15) is 0 Å². The number of aromatic nitrogens is 1. The van der Waals surface area contributed by atoms with Crippen molar-refractivity contribution >= 4 is 17.2 Å². The van der Waals surface area contributed by atoms with Crippen molar-refractivity contribution in [1.82, 2.24) is 9.47 Å². The average Bonchev–Trinajstić information content (AvgIpc) is 2.75. The highest BCUT2D eigenvalue weighted by Crippen LogP contribution is 2.15. The zero-order chi connectivity index (χ0) is 13.9. The Bertz CT molecular complexity index is 675. The van der Waals surface area contributed by atoms with Crippen LogP contribution >= 0.6 is 0 Å². The van der Waals surface area contributed by atoms with E-state index in [1.165, 1.54) is 36.9 Å². The summed E-state index contributed by atoms with van der Waals surface area (Å²) < 4.78 is 6.72. The molecule has 1 saturated heterocycles. The first kappa shape index (κ1) is 13.2. The predicted molar refractivity (Wildman–Crippen MR) is 80.8 cm³/mol. The van der Waals surface area contributed by atoms with Crippen LogP contribution in [0.4, 0.5) is 0 Å². The number of aryl methyl sites for hydroxylation is 1. The molecule has 1 fully saturated rings. The largest absolute Gasteiger partial charge is 0.419 e. The van der Waals surface area contributed by atoms with E-state index in [1.54, 1.807) is 7.05 Å². The molecule has 0 aliphatic carbocycles. The monoisotopic (exact) mass is 272 g/mol. The third-order valence-electron chi connectivity index (χ3n) is 3.94. The van der Waals surface area contributed by atoms with Crippen LogP contribution in [0.15, 0.2) is 33.5 Å². The van der Waals surface area contributed by atoms with Gasteiger partial charge in [-0.2, -0.15) is 0 Å². The summed E-state index contributed by atoms with van der Waals surface area (Å²) in [5.74, 6) is -0.311. The van der Waals surface area contributed by atoms with Crippen LogP contribution in [0.3, 0.4) is 0 Å². The van der Waals surface area contributed by atoms with Crippen molar-refractivity contribution in [2.75, 3.05) is 19.6 Å². The molecule has 1 aromatic carbocycles. The van der Waals surface area contributed by atoms with Crippen LogP contribution < -0.4 is 5.76 Å². The molecule has 0 saturated carbocycles. The second kappa shape index (κ2) is 5.67. The molecule has 0 atom stereocenters. The standard InChI is InChI=1S/C16H20N2O2/c1-17-14-8-7-13(12-15(14)20-16(17)19)6-5-11-18-9-3-2-4-10-18/h5-8,12H,2-4,9-11H2,1H3/b6-5+. The molecule has 0 bridgehead atoms. The number of benzene rings is 1. The summed E-state index contributed by atoms with van der Waals surface area (Å²) in [6.45, 7) is 3.41. The second-order valence-electron chi connectivity index (χ2n) is 5.42. The highest BCUT2D eigenvalue weighted by Gasteiger charge is 2.08. The maximum absolute atomic E-state index is 11.4. The Morgan fingerprint density at radius 2 is 2.05 bits per heavy atom. The summed E-state index contributed by atoms with van der Waals surface area (Å²) in [5.41, 5.74) is 2.56. The molecule has 1 aromatic heterocycles. The van der Waals surface area contributed by atoms with Crippen molar-refractivity contribution in [1.29, 1.82) is 0 Å². The summed E-state index contributed by atoms with van der Waals surface area (Å²) >= 11 is 0. The van der Waals surface area contributed by atoms with Gasteiger partial charge in [-0.3, -0.25) is 9.47 Å². The van der Waals surface area contributed by atoms with Crippen molar-refractivity contribution in [3.05, 3.63) is 40.4 Å². The van der Waals surface area contributed by atoms with Gasteiger partial charge >= 0.3 is 5.76 Å². The van der Waals surface area contributed by atoms with Gasteiger partial charge < -0.3 is 4.42 Å². The molecule has 20 heavy (non-hydrogen) atoms. The summed E-state index contributed by atoms with van der Waals surface area (Å²) in [4.78, 5) is 13.9. The zero-order valence-corrected chi connectivity index (χ0v) is 11.8. The van der Waals surface area contributed by atoms with E-state index in [9.17, 15) is 4.79 Å². The number of piperidine rings is 1. The van der Waals surface area contributed by atoms with Crippen molar-refractivity contribution in [3.8, 4) is 0 Å². The zero-order valence-electron chi connectivity index (χ0n) is 11.8. The molecule has 2 heterocycles. The normalized spacial score (nSPS) is 17.2. The van der Waals surface area contributed by atoms with E-state index in [0.29, 0.717) is 5.58 Å². The van der Waals surface area contributed by atoms with E-state index >= 15 is 0 Å². The number of likely N-dealkylation sites (tertiary alicyclic amines) is 1. The van der Waals surface area contributed by atoms with E-state index in [1.807, 2.05) is 18.2 Å². The van der Waals surface area contributed by atoms with Gasteiger partial charge in [0, 0.05) is 13.6 Å². The highest BCUT2D eigenvalue weighted by atomic mass is 16.4. The van der Waals surface area contributed by atoms with Crippen LogP contribution in [0.1, 0.15) is 24.8 Å². The van der Waals surface area contributed by atoms with E-state index in [0.717, 1.165) is 17.6 Å². The molecule has 3 rings (SSSR count). The molecule has 1 aliphatic rings. The van der Waals surface area contributed by atoms with Gasteiger partial charge in [0.05, 0.1) is 5.52 Å². The molecule has 106 valence electrons. The van der Waals surface area contributed by atoms with Gasteiger partial charge in [0.2, 0.25) is 0 Å². The Morgan fingerprint density at radius 3 is 2.85 bits per heavy atom. The van der Waals surface area contributed by atoms with Gasteiger partial charge in [-0.15, -0.1) is 0 Å². The average molecular weight is 272 g/mol. The molecule has 0 radical (unpaired) electrons. The number of hydrogen-bond acceptors (Lipinski definition) is 3. The lowest BCUT2D eigenvalue weighted by Gasteiger charge is -2.24. The quantitative estimate of drug-likeness (QED) is 0.862. The second-order valence-corrected chi connectivity index (χ2v) is 5.42. The van der Waals surface area contributed by atoms with Crippen LogP contribution in [0.5, 0.6) is 0 Å². The van der Waals surface area contributed by atoms with Gasteiger partial charge in [0.15, 0.2) is 5.58 Å². The summed E-state index contributed by atoms with van der Waals surface area (Å²) in [7, 11) is 1.72. The van der Waals surface area contributed by atoms with Crippen LogP contribution in [0.25, 0.3) is 17.2 Å². The van der Waals surface area contributed by atoms with Gasteiger partial charge in [-0.1, -0.05) is 24.6 Å². The third kappa shape index (κ3) is 2.70. The van der Waals surface area contributed by atoms with Crippen LogP contribution in [0.2, 0.25) is 0 Å². The molecule has 2 aromatic rings. The summed E-state index contributed by atoms with van der Waals surface area (Å²) in [6.07, 6.45) is 8.28. The molecule has 0 N–H and O–H groups in total. The molecule has 0 unspecified atom stereocenters. The van der Waals surface area contributed by atoms with Crippen LogP contribution in [-0.4, -0.2) is 29.1 Å². The van der Waals surface area contributed by atoms with Gasteiger partial charge in [0.25, 0.3) is 0 Å². The number of fused-ring (bicyclic) bond motifs is 1. The number of oxazole rings is 1. The van der Waals surface area contributed by atoms with E-state index < -0.39 is 0 Å². The first-order valence-electron chi connectivity index (χ1n) is 7.22. The minimum Gasteiger partial charge on any atom is -0.408 e. The minimum absolute atomic E-state index is 0.311. The Kier molecular flexibility index (Phi) is 3.74. The van der Waals surface area contributed by atoms with Gasteiger partial charge in [-0.25, -0.2) is 4.79 Å². The Balaban J connectivity index is 1.72. The first-order valence-corrected chi connectivity index (χ1v) is 7.22. The number of hydrogen-bond donors (Lipinski definition) is 0. The van der Waals surface area contributed by atoms with Crippen molar-refractivity contribution in [2.24, 2.45) is 7.05 Å². The van der Waals surface area contributed by atoms with E-state index in [2.05, 4.69) is 17.1 Å². The fourth-order valence-electron chi connectivity index (χ4n) is 2.73. The lowest BCUT2D eigenvalue weighted by Crippen LogP contribution is -2.29. The first-order chi connectivity index (χ1) is 9.74. The number of nitrogens with zero attached hydrogens (tertiary/aromatic N) is 2. The van der Waals surface area contributed by atoms with E-state index in [-0.39, 0.29) is 5.76 Å². The molecule has 4 heteroatoms. The molecule has 0 amide bonds. The SMILES string of the molecule is Cn1c(=O)oc2cc(/C=C/CN3CCCCC3)ccc21. The number of rotatable bonds is 3. The Labute approximate surface area is 118 Å². The molecular formula is C16H20N2O2. The molecular weight excluding hydrogens is 252 g/mol. The van der Waals surface area contributed by atoms with Crippen LogP contribution in [-0.2, 0) is 7.05 Å². The van der Waals surface area contributed by atoms with Crippen molar-refractivity contribution in [2.45, 2.75) is 19.3 Å². The van der Waals surface area contributed by atoms with E-state index in [4.69, 9.17) is 4.42 Å². The lowest BCUT2D eigenvalue weighted by atomic mass is 10.1. The predicted octanol–water partition coefficient (Wildman–Crippen LogP) is 2.63. The maximum atomic E-state index is 11.4. The lowest BCUT2D eigenvalue weighted by molar-refractivity contribution is 0.252. The van der Waals surface area contributed by atoms with Crippen molar-refractivity contribution < 1.29 is 4.42 Å². The molecule has 1 aliphatic heterocycles. The van der Waals surface area contributed by atoms with Crippen molar-refractivity contribution in [3.63, 3.8) is 0 Å². The smallest absolute Gasteiger partial charge is 0.408 e. The Morgan fingerprint density at radius 1 is 1.25 bits per heavy atom. The topological polar surface area (TPSA) is 38.4 Å². The van der Waals surface area contributed by atoms with Gasteiger partial charge in [-0.05, 0) is 43.6 Å². The summed E-state index contributed by atoms with van der Waals surface area (Å²) in [6, 6.07) is 5.87. The third-order valence-corrected chi connectivity index (χ3v) is 3.94. The fourth-order valence-corrected chi connectivity index (χ4v) is 2.73. The minimum atomic E-state index is -0.311. The highest BCUT2D eigenvalue weighted by molar-refractivity contribution is 5.76. The maximum Gasteiger partial charge on any atom is 0.419 e. The molecule has 4 nitrogen and oxygen atoms in total. The van der Waals surface area contributed by atoms with Crippen LogP contribution in [0, 0.1) is 0 Å². The summed E-state index contributed by atoms with van der Waals surface area (Å²) in [5, 5.41) is 0. The molecule has 0 spiro atoms. The fraction of sp³-hybridized carbons (Fsp3) is 0.438.